The zero-order valence-corrected chi connectivity index (χ0v) is 10.5. The number of aliphatic carboxylic acids is 1. The standard InChI is InChI=1S/C11H16O8/c1-15-11(5-17-6-11)9(14)18-7-19-10(8(12)13)2-3-16-4-10/h2-7H2,1H3,(H,12,13)/t10-/m0/s1. The van der Waals surface area contributed by atoms with Crippen LogP contribution < -0.4 is 0 Å². The summed E-state index contributed by atoms with van der Waals surface area (Å²) in [5.74, 6) is -1.75. The van der Waals surface area contributed by atoms with Crippen LogP contribution in [0.4, 0.5) is 0 Å². The first-order valence-corrected chi connectivity index (χ1v) is 5.80. The van der Waals surface area contributed by atoms with Gasteiger partial charge in [-0.3, -0.25) is 0 Å². The van der Waals surface area contributed by atoms with Gasteiger partial charge in [-0.05, 0) is 0 Å². The molecule has 2 fully saturated rings. The Bertz CT molecular complexity index is 350. The van der Waals surface area contributed by atoms with Crippen LogP contribution in [0.25, 0.3) is 0 Å². The molecule has 2 saturated heterocycles. The largest absolute Gasteiger partial charge is 0.479 e. The maximum absolute atomic E-state index is 11.7. The Labute approximate surface area is 109 Å². The number of carboxylic acids is 1. The monoisotopic (exact) mass is 276 g/mol. The number of rotatable bonds is 6. The van der Waals surface area contributed by atoms with E-state index < -0.39 is 29.9 Å². The van der Waals surface area contributed by atoms with Gasteiger partial charge in [0, 0.05) is 13.5 Å². The number of hydrogen-bond donors (Lipinski definition) is 1. The summed E-state index contributed by atoms with van der Waals surface area (Å²) in [5, 5.41) is 9.10. The lowest BCUT2D eigenvalue weighted by molar-refractivity contribution is -0.234. The summed E-state index contributed by atoms with van der Waals surface area (Å²) in [6.07, 6.45) is 0.221. The van der Waals surface area contributed by atoms with Gasteiger partial charge in [0.15, 0.2) is 12.4 Å². The SMILES string of the molecule is COC1(C(=O)OCO[C@@]2(C(=O)O)CCOC2)COC1. The number of methoxy groups -OCH3 is 1. The molecular weight excluding hydrogens is 260 g/mol. The molecule has 108 valence electrons. The predicted molar refractivity (Wildman–Crippen MR) is 58.4 cm³/mol. The van der Waals surface area contributed by atoms with E-state index in [1.54, 1.807) is 0 Å². The van der Waals surface area contributed by atoms with Crippen LogP contribution in [0.15, 0.2) is 0 Å². The summed E-state index contributed by atoms with van der Waals surface area (Å²) in [6.45, 7) is 0.0269. The van der Waals surface area contributed by atoms with Crippen molar-refractivity contribution in [2.24, 2.45) is 0 Å². The van der Waals surface area contributed by atoms with Crippen LogP contribution in [0, 0.1) is 0 Å². The van der Waals surface area contributed by atoms with Gasteiger partial charge in [0.1, 0.15) is 0 Å². The normalized spacial score (nSPS) is 28.7. The van der Waals surface area contributed by atoms with E-state index in [-0.39, 0.29) is 26.2 Å². The molecule has 0 aromatic rings. The Balaban J connectivity index is 1.82. The molecule has 2 aliphatic rings. The molecule has 0 amide bonds. The maximum atomic E-state index is 11.7. The summed E-state index contributed by atoms with van der Waals surface area (Å²) >= 11 is 0. The van der Waals surface area contributed by atoms with Gasteiger partial charge < -0.3 is 28.8 Å². The van der Waals surface area contributed by atoms with Crippen LogP contribution in [-0.4, -0.2) is 68.6 Å². The van der Waals surface area contributed by atoms with E-state index in [9.17, 15) is 9.59 Å². The number of ether oxygens (including phenoxy) is 5. The van der Waals surface area contributed by atoms with Gasteiger partial charge in [-0.15, -0.1) is 0 Å². The molecule has 8 heteroatoms. The highest BCUT2D eigenvalue weighted by Gasteiger charge is 2.49. The van der Waals surface area contributed by atoms with Crippen molar-refractivity contribution in [3.8, 4) is 0 Å². The van der Waals surface area contributed by atoms with Gasteiger partial charge in [0.25, 0.3) is 0 Å². The lowest BCUT2D eigenvalue weighted by Gasteiger charge is -2.37. The van der Waals surface area contributed by atoms with E-state index in [0.717, 1.165) is 0 Å². The molecule has 0 aliphatic carbocycles. The van der Waals surface area contributed by atoms with Crippen LogP contribution in [0.3, 0.4) is 0 Å². The Morgan fingerprint density at radius 2 is 1.89 bits per heavy atom. The van der Waals surface area contributed by atoms with Crippen LogP contribution in [0.5, 0.6) is 0 Å². The van der Waals surface area contributed by atoms with E-state index in [0.29, 0.717) is 6.61 Å². The van der Waals surface area contributed by atoms with Gasteiger partial charge in [-0.25, -0.2) is 9.59 Å². The summed E-state index contributed by atoms with van der Waals surface area (Å²) in [7, 11) is 1.38. The molecular formula is C11H16O8. The molecule has 19 heavy (non-hydrogen) atoms. The van der Waals surface area contributed by atoms with Gasteiger partial charge in [-0.2, -0.15) is 0 Å². The second-order valence-corrected chi connectivity index (χ2v) is 4.49. The molecule has 0 saturated carbocycles. The molecule has 2 heterocycles. The Hall–Kier alpha value is -1.22. The van der Waals surface area contributed by atoms with Crippen molar-refractivity contribution in [2.45, 2.75) is 17.6 Å². The van der Waals surface area contributed by atoms with Crippen molar-refractivity contribution in [1.29, 1.82) is 0 Å². The first kappa shape index (κ1) is 14.2. The minimum absolute atomic E-state index is 0.0571. The van der Waals surface area contributed by atoms with Crippen molar-refractivity contribution < 1.29 is 38.4 Å². The topological polar surface area (TPSA) is 101 Å². The summed E-state index contributed by atoms with van der Waals surface area (Å²) in [5.41, 5.74) is -2.53. The second-order valence-electron chi connectivity index (χ2n) is 4.49. The van der Waals surface area contributed by atoms with Crippen molar-refractivity contribution >= 4 is 11.9 Å². The highest BCUT2D eigenvalue weighted by molar-refractivity contribution is 5.81. The Kier molecular flexibility index (Phi) is 4.04. The van der Waals surface area contributed by atoms with Crippen molar-refractivity contribution in [3.05, 3.63) is 0 Å². The van der Waals surface area contributed by atoms with Crippen molar-refractivity contribution in [1.82, 2.24) is 0 Å². The van der Waals surface area contributed by atoms with Crippen LogP contribution in [0.2, 0.25) is 0 Å². The lowest BCUT2D eigenvalue weighted by atomic mass is 10.0. The quantitative estimate of drug-likeness (QED) is 0.495. The third kappa shape index (κ3) is 2.57. The molecule has 0 aromatic heterocycles. The fourth-order valence-electron chi connectivity index (χ4n) is 1.82. The molecule has 0 radical (unpaired) electrons. The second kappa shape index (κ2) is 5.41. The van der Waals surface area contributed by atoms with Crippen LogP contribution >= 0.6 is 0 Å². The Morgan fingerprint density at radius 1 is 1.21 bits per heavy atom. The van der Waals surface area contributed by atoms with Crippen molar-refractivity contribution in [3.63, 3.8) is 0 Å². The predicted octanol–water partition coefficient (Wildman–Crippen LogP) is -0.837. The number of carbonyl (C=O) groups is 2. The molecule has 0 spiro atoms. The molecule has 0 aromatic carbocycles. The van der Waals surface area contributed by atoms with Crippen molar-refractivity contribution in [2.75, 3.05) is 40.3 Å². The average molecular weight is 276 g/mol. The zero-order valence-electron chi connectivity index (χ0n) is 10.5. The first-order valence-electron chi connectivity index (χ1n) is 5.80. The molecule has 1 N–H and O–H groups in total. The smallest absolute Gasteiger partial charge is 0.345 e. The average Bonchev–Trinajstić information content (AvgIpc) is 2.78. The minimum Gasteiger partial charge on any atom is -0.479 e. The summed E-state index contributed by atoms with van der Waals surface area (Å²) in [6, 6.07) is 0. The molecule has 2 aliphatic heterocycles. The van der Waals surface area contributed by atoms with Crippen LogP contribution in [0.1, 0.15) is 6.42 Å². The first-order chi connectivity index (χ1) is 9.05. The minimum atomic E-state index is -1.43. The summed E-state index contributed by atoms with van der Waals surface area (Å²) < 4.78 is 25.0. The van der Waals surface area contributed by atoms with E-state index in [4.69, 9.17) is 28.8 Å². The molecule has 2 rings (SSSR count). The van der Waals surface area contributed by atoms with E-state index >= 15 is 0 Å². The molecule has 0 unspecified atom stereocenters. The van der Waals surface area contributed by atoms with Crippen LogP contribution in [-0.2, 0) is 33.3 Å². The number of carboxylic acid groups (broad SMARTS) is 1. The number of carbonyl (C=O) groups excluding carboxylic acids is 1. The highest BCUT2D eigenvalue weighted by Crippen LogP contribution is 2.25. The van der Waals surface area contributed by atoms with E-state index in [2.05, 4.69) is 0 Å². The highest BCUT2D eigenvalue weighted by atomic mass is 16.7. The molecule has 8 nitrogen and oxygen atoms in total. The number of esters is 1. The van der Waals surface area contributed by atoms with Gasteiger partial charge in [0.05, 0.1) is 26.4 Å². The van der Waals surface area contributed by atoms with E-state index in [1.165, 1.54) is 7.11 Å². The number of hydrogen-bond acceptors (Lipinski definition) is 7. The van der Waals surface area contributed by atoms with E-state index in [1.807, 2.05) is 0 Å². The fourth-order valence-corrected chi connectivity index (χ4v) is 1.82. The fraction of sp³-hybridized carbons (Fsp3) is 0.818. The molecule has 0 bridgehead atoms. The van der Waals surface area contributed by atoms with Gasteiger partial charge >= 0.3 is 11.9 Å². The zero-order chi connectivity index (χ0) is 13.9. The lowest BCUT2D eigenvalue weighted by Crippen LogP contribution is -2.58. The van der Waals surface area contributed by atoms with Gasteiger partial charge in [0.2, 0.25) is 5.60 Å². The Morgan fingerprint density at radius 3 is 2.32 bits per heavy atom. The third-order valence-electron chi connectivity index (χ3n) is 3.33. The maximum Gasteiger partial charge on any atom is 0.345 e. The van der Waals surface area contributed by atoms with Gasteiger partial charge in [-0.1, -0.05) is 0 Å². The molecule has 1 atom stereocenters. The third-order valence-corrected chi connectivity index (χ3v) is 3.33. The summed E-state index contributed by atoms with van der Waals surface area (Å²) in [4.78, 5) is 22.9.